The van der Waals surface area contributed by atoms with Crippen LogP contribution in [0.5, 0.6) is 0 Å². The first-order chi connectivity index (χ1) is 12.9. The number of aryl methyl sites for hydroxylation is 1. The molecule has 1 aliphatic carbocycles. The van der Waals surface area contributed by atoms with Gasteiger partial charge in [-0.05, 0) is 45.7 Å². The summed E-state index contributed by atoms with van der Waals surface area (Å²) in [4.78, 5) is 24.5. The molecule has 0 bridgehead atoms. The molecule has 27 heavy (non-hydrogen) atoms. The SMILES string of the molecule is Cc1c(C(=O)NC(C)C)oc2c1/C(=N/NC(=O)c1ccccc1F)CCC2. The Balaban J connectivity index is 1.87. The average Bonchev–Trinajstić information content (AvgIpc) is 2.97. The van der Waals surface area contributed by atoms with E-state index in [0.717, 1.165) is 12.0 Å². The van der Waals surface area contributed by atoms with Gasteiger partial charge in [0.2, 0.25) is 0 Å². The highest BCUT2D eigenvalue weighted by atomic mass is 19.1. The van der Waals surface area contributed by atoms with Crippen molar-refractivity contribution in [1.29, 1.82) is 0 Å². The second-order valence-electron chi connectivity index (χ2n) is 6.82. The van der Waals surface area contributed by atoms with E-state index in [2.05, 4.69) is 15.8 Å². The maximum Gasteiger partial charge on any atom is 0.287 e. The summed E-state index contributed by atoms with van der Waals surface area (Å²) in [6.07, 6.45) is 2.13. The van der Waals surface area contributed by atoms with E-state index in [4.69, 9.17) is 4.42 Å². The highest BCUT2D eigenvalue weighted by Gasteiger charge is 2.28. The van der Waals surface area contributed by atoms with Gasteiger partial charge in [-0.25, -0.2) is 9.82 Å². The number of benzene rings is 1. The van der Waals surface area contributed by atoms with Gasteiger partial charge in [0.15, 0.2) is 5.76 Å². The summed E-state index contributed by atoms with van der Waals surface area (Å²) in [7, 11) is 0. The van der Waals surface area contributed by atoms with Gasteiger partial charge in [-0.15, -0.1) is 0 Å². The van der Waals surface area contributed by atoms with Gasteiger partial charge >= 0.3 is 0 Å². The number of rotatable bonds is 4. The fourth-order valence-corrected chi connectivity index (χ4v) is 3.15. The molecule has 0 aliphatic heterocycles. The smallest absolute Gasteiger partial charge is 0.287 e. The number of carbonyl (C=O) groups excluding carboxylic acids is 2. The lowest BCUT2D eigenvalue weighted by atomic mass is 9.93. The van der Waals surface area contributed by atoms with Gasteiger partial charge in [0.1, 0.15) is 11.6 Å². The van der Waals surface area contributed by atoms with Gasteiger partial charge in [-0.3, -0.25) is 9.59 Å². The number of hydrogen-bond donors (Lipinski definition) is 2. The summed E-state index contributed by atoms with van der Waals surface area (Å²) in [5, 5.41) is 7.01. The molecule has 0 atom stereocenters. The molecule has 0 unspecified atom stereocenters. The van der Waals surface area contributed by atoms with Gasteiger partial charge in [0.05, 0.1) is 11.3 Å². The van der Waals surface area contributed by atoms with Gasteiger partial charge in [0, 0.05) is 23.6 Å². The fourth-order valence-electron chi connectivity index (χ4n) is 3.15. The highest BCUT2D eigenvalue weighted by molar-refractivity contribution is 6.07. The number of carbonyl (C=O) groups is 2. The summed E-state index contributed by atoms with van der Waals surface area (Å²) >= 11 is 0. The van der Waals surface area contributed by atoms with Crippen LogP contribution in [0.3, 0.4) is 0 Å². The van der Waals surface area contributed by atoms with Crippen LogP contribution < -0.4 is 10.7 Å². The molecule has 0 fully saturated rings. The zero-order valence-corrected chi connectivity index (χ0v) is 15.6. The van der Waals surface area contributed by atoms with E-state index >= 15 is 0 Å². The van der Waals surface area contributed by atoms with Gasteiger partial charge in [-0.1, -0.05) is 12.1 Å². The van der Waals surface area contributed by atoms with Crippen LogP contribution in [0.2, 0.25) is 0 Å². The van der Waals surface area contributed by atoms with E-state index in [1.54, 1.807) is 13.0 Å². The van der Waals surface area contributed by atoms with Crippen molar-refractivity contribution in [2.24, 2.45) is 5.10 Å². The van der Waals surface area contributed by atoms with Crippen molar-refractivity contribution in [2.75, 3.05) is 0 Å². The molecule has 0 saturated carbocycles. The predicted molar refractivity (Wildman–Crippen MR) is 99.4 cm³/mol. The molecule has 1 heterocycles. The molecule has 0 spiro atoms. The number of hydrogen-bond acceptors (Lipinski definition) is 4. The molecule has 1 aromatic heterocycles. The van der Waals surface area contributed by atoms with Crippen molar-refractivity contribution in [3.8, 4) is 0 Å². The van der Waals surface area contributed by atoms with Crippen LogP contribution >= 0.6 is 0 Å². The molecule has 0 saturated heterocycles. The molecule has 1 aliphatic rings. The van der Waals surface area contributed by atoms with Crippen molar-refractivity contribution in [3.05, 3.63) is 58.3 Å². The quantitative estimate of drug-likeness (QED) is 0.809. The molecule has 6 nitrogen and oxygen atoms in total. The number of furan rings is 1. The predicted octanol–water partition coefficient (Wildman–Crippen LogP) is 3.34. The van der Waals surface area contributed by atoms with Gasteiger partial charge in [0.25, 0.3) is 11.8 Å². The van der Waals surface area contributed by atoms with Gasteiger partial charge in [-0.2, -0.15) is 5.10 Å². The Morgan fingerprint density at radius 2 is 1.93 bits per heavy atom. The molecule has 0 radical (unpaired) electrons. The molecule has 7 heteroatoms. The maximum atomic E-state index is 13.7. The minimum Gasteiger partial charge on any atom is -0.455 e. The Bertz CT molecular complexity index is 915. The summed E-state index contributed by atoms with van der Waals surface area (Å²) in [5.74, 6) is -0.541. The molecule has 1 aromatic carbocycles. The van der Waals surface area contributed by atoms with E-state index in [1.165, 1.54) is 18.2 Å². The first kappa shape index (κ1) is 18.8. The summed E-state index contributed by atoms with van der Waals surface area (Å²) in [6, 6.07) is 5.72. The van der Waals surface area contributed by atoms with Crippen molar-refractivity contribution >= 4 is 17.5 Å². The molecular weight excluding hydrogens is 349 g/mol. The molecular formula is C20H22FN3O3. The zero-order chi connectivity index (χ0) is 19.6. The lowest BCUT2D eigenvalue weighted by Crippen LogP contribution is -2.30. The van der Waals surface area contributed by atoms with E-state index in [0.29, 0.717) is 29.9 Å². The van der Waals surface area contributed by atoms with Crippen molar-refractivity contribution < 1.29 is 18.4 Å². The Labute approximate surface area is 156 Å². The number of hydrazone groups is 1. The third kappa shape index (κ3) is 3.92. The molecule has 2 aromatic rings. The normalized spacial score (nSPS) is 14.9. The van der Waals surface area contributed by atoms with E-state index in [9.17, 15) is 14.0 Å². The number of amides is 2. The van der Waals surface area contributed by atoms with E-state index in [-0.39, 0.29) is 23.3 Å². The second kappa shape index (κ2) is 7.73. The second-order valence-corrected chi connectivity index (χ2v) is 6.82. The van der Waals surface area contributed by atoms with Crippen LogP contribution in [-0.2, 0) is 6.42 Å². The first-order valence-electron chi connectivity index (χ1n) is 8.93. The summed E-state index contributed by atoms with van der Waals surface area (Å²) in [6.45, 7) is 5.56. The molecule has 142 valence electrons. The van der Waals surface area contributed by atoms with Crippen LogP contribution in [0, 0.1) is 12.7 Å². The maximum absolute atomic E-state index is 13.7. The van der Waals surface area contributed by atoms with Crippen LogP contribution in [-0.4, -0.2) is 23.6 Å². The Kier molecular flexibility index (Phi) is 5.39. The minimum absolute atomic E-state index is 0.00720. The van der Waals surface area contributed by atoms with Gasteiger partial charge < -0.3 is 9.73 Å². The number of halogens is 1. The lowest BCUT2D eigenvalue weighted by Gasteiger charge is -2.13. The molecule has 2 N–H and O–H groups in total. The Morgan fingerprint density at radius 1 is 1.19 bits per heavy atom. The minimum atomic E-state index is -0.619. The summed E-state index contributed by atoms with van der Waals surface area (Å²) < 4.78 is 19.5. The topological polar surface area (TPSA) is 83.7 Å². The lowest BCUT2D eigenvalue weighted by molar-refractivity contribution is 0.0911. The van der Waals surface area contributed by atoms with E-state index in [1.807, 2.05) is 13.8 Å². The van der Waals surface area contributed by atoms with Crippen LogP contribution in [0.4, 0.5) is 4.39 Å². The average molecular weight is 371 g/mol. The van der Waals surface area contributed by atoms with Crippen molar-refractivity contribution in [2.45, 2.75) is 46.1 Å². The third-order valence-corrected chi connectivity index (χ3v) is 4.36. The van der Waals surface area contributed by atoms with Crippen LogP contribution in [0.1, 0.15) is 64.5 Å². The van der Waals surface area contributed by atoms with E-state index < -0.39 is 11.7 Å². The zero-order valence-electron chi connectivity index (χ0n) is 15.6. The number of fused-ring (bicyclic) bond motifs is 1. The largest absolute Gasteiger partial charge is 0.455 e. The summed E-state index contributed by atoms with van der Waals surface area (Å²) in [5.41, 5.74) is 4.42. The highest BCUT2D eigenvalue weighted by Crippen LogP contribution is 2.29. The van der Waals surface area contributed by atoms with Crippen LogP contribution in [0.25, 0.3) is 0 Å². The Morgan fingerprint density at radius 3 is 2.63 bits per heavy atom. The standard InChI is InChI=1S/C20H22FN3O3/c1-11(2)22-20(26)18-12(3)17-15(9-6-10-16(17)27-18)23-24-19(25)13-7-4-5-8-14(13)21/h4-5,7-8,11H,6,9-10H2,1-3H3,(H,22,26)(H,24,25)/b23-15+. The molecule has 3 rings (SSSR count). The first-order valence-corrected chi connectivity index (χ1v) is 8.93. The van der Waals surface area contributed by atoms with Crippen molar-refractivity contribution in [3.63, 3.8) is 0 Å². The van der Waals surface area contributed by atoms with Crippen molar-refractivity contribution in [1.82, 2.24) is 10.7 Å². The fraction of sp³-hybridized carbons (Fsp3) is 0.350. The monoisotopic (exact) mass is 371 g/mol. The number of nitrogens with one attached hydrogen (secondary N) is 2. The molecule has 2 amide bonds. The Hall–Kier alpha value is -2.96. The van der Waals surface area contributed by atoms with Crippen LogP contribution in [0.15, 0.2) is 33.8 Å². The number of nitrogens with zero attached hydrogens (tertiary/aromatic N) is 1. The third-order valence-electron chi connectivity index (χ3n) is 4.36.